The molecule has 0 aliphatic carbocycles. The number of halogens is 3. The van der Waals surface area contributed by atoms with Crippen LogP contribution in [-0.2, 0) is 6.42 Å². The molecule has 20 heavy (non-hydrogen) atoms. The molecule has 1 unspecified atom stereocenters. The summed E-state index contributed by atoms with van der Waals surface area (Å²) < 4.78 is 14.5. The third-order valence-electron chi connectivity index (χ3n) is 2.77. The molecule has 0 radical (unpaired) electrons. The highest BCUT2D eigenvalue weighted by molar-refractivity contribution is 9.10. The average molecular weight is 375 g/mol. The molecule has 1 nitrogen and oxygen atoms in total. The Morgan fingerprint density at radius 2 is 1.90 bits per heavy atom. The van der Waals surface area contributed by atoms with Gasteiger partial charge in [0.15, 0.2) is 0 Å². The lowest BCUT2D eigenvalue weighted by Gasteiger charge is -2.12. The van der Waals surface area contributed by atoms with Crippen LogP contribution in [0.25, 0.3) is 0 Å². The Bertz CT molecular complexity index is 577. The zero-order chi connectivity index (χ0) is 14.5. The zero-order valence-electron chi connectivity index (χ0n) is 10.7. The molecule has 1 atom stereocenters. The van der Waals surface area contributed by atoms with E-state index in [4.69, 9.17) is 17.3 Å². The fourth-order valence-corrected chi connectivity index (χ4v) is 3.07. The molecule has 0 saturated carbocycles. The monoisotopic (exact) mass is 373 g/mol. The van der Waals surface area contributed by atoms with Crippen LogP contribution in [0.3, 0.4) is 0 Å². The molecule has 0 spiro atoms. The van der Waals surface area contributed by atoms with Crippen LogP contribution in [0.2, 0.25) is 5.02 Å². The van der Waals surface area contributed by atoms with E-state index in [0.717, 1.165) is 20.1 Å². The maximum absolute atomic E-state index is 13.7. The Morgan fingerprint density at radius 3 is 2.55 bits per heavy atom. The van der Waals surface area contributed by atoms with Crippen molar-refractivity contribution < 1.29 is 4.39 Å². The van der Waals surface area contributed by atoms with Gasteiger partial charge in [0, 0.05) is 26.2 Å². The quantitative estimate of drug-likeness (QED) is 0.753. The lowest BCUT2D eigenvalue weighted by molar-refractivity contribution is 0.596. The lowest BCUT2D eigenvalue weighted by atomic mass is 10.1. The molecule has 0 heterocycles. The number of nitrogens with two attached hydrogens (primary N) is 1. The Hall–Kier alpha value is -0.550. The first-order valence-electron chi connectivity index (χ1n) is 6.12. The molecule has 106 valence electrons. The molecule has 0 aromatic heterocycles. The molecular formula is C15H14BrClFNS. The lowest BCUT2D eigenvalue weighted by Crippen LogP contribution is -2.26. The third kappa shape index (κ3) is 4.77. The summed E-state index contributed by atoms with van der Waals surface area (Å²) in [4.78, 5) is 1.11. The molecule has 0 bridgehead atoms. The maximum atomic E-state index is 13.7. The molecule has 0 amide bonds. The minimum atomic E-state index is -0.216. The first-order valence-corrected chi connectivity index (χ1v) is 8.28. The van der Waals surface area contributed by atoms with Crippen LogP contribution < -0.4 is 5.73 Å². The summed E-state index contributed by atoms with van der Waals surface area (Å²) in [5.41, 5.74) is 6.72. The van der Waals surface area contributed by atoms with E-state index in [9.17, 15) is 4.39 Å². The Labute approximate surface area is 135 Å². The van der Waals surface area contributed by atoms with Crippen LogP contribution in [-0.4, -0.2) is 11.8 Å². The van der Waals surface area contributed by atoms with Crippen molar-refractivity contribution in [1.82, 2.24) is 0 Å². The van der Waals surface area contributed by atoms with Gasteiger partial charge < -0.3 is 5.73 Å². The van der Waals surface area contributed by atoms with Crippen LogP contribution in [0.1, 0.15) is 5.56 Å². The summed E-state index contributed by atoms with van der Waals surface area (Å²) in [5, 5.41) is 0.718. The predicted molar refractivity (Wildman–Crippen MR) is 88.0 cm³/mol. The van der Waals surface area contributed by atoms with Gasteiger partial charge in [0.25, 0.3) is 0 Å². The molecule has 2 N–H and O–H groups in total. The predicted octanol–water partition coefficient (Wildman–Crippen LogP) is 4.90. The Kier molecular flexibility index (Phi) is 5.90. The minimum absolute atomic E-state index is 0.0913. The minimum Gasteiger partial charge on any atom is -0.327 e. The van der Waals surface area contributed by atoms with Crippen molar-refractivity contribution in [1.29, 1.82) is 0 Å². The van der Waals surface area contributed by atoms with E-state index in [1.807, 2.05) is 30.3 Å². The molecule has 2 aromatic rings. The van der Waals surface area contributed by atoms with Gasteiger partial charge in [0.2, 0.25) is 0 Å². The van der Waals surface area contributed by atoms with E-state index in [-0.39, 0.29) is 11.9 Å². The smallest absolute Gasteiger partial charge is 0.127 e. The summed E-state index contributed by atoms with van der Waals surface area (Å²) in [6, 6.07) is 12.6. The summed E-state index contributed by atoms with van der Waals surface area (Å²) >= 11 is 10.7. The van der Waals surface area contributed by atoms with Gasteiger partial charge in [-0.15, -0.1) is 11.8 Å². The number of hydrogen-bond acceptors (Lipinski definition) is 2. The van der Waals surface area contributed by atoms with Crippen LogP contribution >= 0.6 is 39.3 Å². The second-order valence-corrected chi connectivity index (χ2v) is 6.91. The van der Waals surface area contributed by atoms with Gasteiger partial charge >= 0.3 is 0 Å². The second-order valence-electron chi connectivity index (χ2n) is 4.46. The van der Waals surface area contributed by atoms with Gasteiger partial charge in [-0.1, -0.05) is 33.6 Å². The largest absolute Gasteiger partial charge is 0.327 e. The molecular weight excluding hydrogens is 361 g/mol. The third-order valence-corrected chi connectivity index (χ3v) is 4.72. The topological polar surface area (TPSA) is 26.0 Å². The molecule has 0 saturated heterocycles. The Morgan fingerprint density at radius 1 is 1.20 bits per heavy atom. The van der Waals surface area contributed by atoms with Crippen molar-refractivity contribution in [3.05, 3.63) is 63.3 Å². The highest BCUT2D eigenvalue weighted by atomic mass is 79.9. The van der Waals surface area contributed by atoms with Crippen LogP contribution in [0.4, 0.5) is 4.39 Å². The van der Waals surface area contributed by atoms with Gasteiger partial charge in [-0.25, -0.2) is 4.39 Å². The van der Waals surface area contributed by atoms with Crippen LogP contribution in [0.15, 0.2) is 51.8 Å². The highest BCUT2D eigenvalue weighted by Gasteiger charge is 2.09. The molecule has 5 heteroatoms. The molecule has 0 aliphatic rings. The molecule has 0 aliphatic heterocycles. The second kappa shape index (κ2) is 7.46. The summed E-state index contributed by atoms with van der Waals surface area (Å²) in [6.07, 6.45) is 0.527. The zero-order valence-corrected chi connectivity index (χ0v) is 13.8. The van der Waals surface area contributed by atoms with Crippen molar-refractivity contribution >= 4 is 39.3 Å². The molecule has 0 fully saturated rings. The molecule has 2 aromatic carbocycles. The Balaban J connectivity index is 1.89. The van der Waals surface area contributed by atoms with Crippen molar-refractivity contribution in [2.75, 3.05) is 5.75 Å². The van der Waals surface area contributed by atoms with Gasteiger partial charge in [-0.05, 0) is 48.4 Å². The van der Waals surface area contributed by atoms with E-state index >= 15 is 0 Å². The van der Waals surface area contributed by atoms with Crippen molar-refractivity contribution in [3.63, 3.8) is 0 Å². The van der Waals surface area contributed by atoms with Gasteiger partial charge in [0.05, 0.1) is 0 Å². The fraction of sp³-hybridized carbons (Fsp3) is 0.200. The number of thioether (sulfide) groups is 1. The van der Waals surface area contributed by atoms with Crippen molar-refractivity contribution in [3.8, 4) is 0 Å². The first-order chi connectivity index (χ1) is 9.54. The normalized spacial score (nSPS) is 12.4. The summed E-state index contributed by atoms with van der Waals surface area (Å²) in [6.45, 7) is 0. The van der Waals surface area contributed by atoms with Crippen molar-refractivity contribution in [2.45, 2.75) is 17.4 Å². The maximum Gasteiger partial charge on any atom is 0.127 e. The van der Waals surface area contributed by atoms with E-state index in [1.165, 1.54) is 6.07 Å². The van der Waals surface area contributed by atoms with E-state index in [1.54, 1.807) is 17.8 Å². The highest BCUT2D eigenvalue weighted by Crippen LogP contribution is 2.22. The van der Waals surface area contributed by atoms with Gasteiger partial charge in [-0.3, -0.25) is 0 Å². The van der Waals surface area contributed by atoms with E-state index in [0.29, 0.717) is 12.0 Å². The first kappa shape index (κ1) is 15.8. The summed E-state index contributed by atoms with van der Waals surface area (Å²) in [7, 11) is 0. The SMILES string of the molecule is NC(CSc1ccc(Cl)cc1)Cc1ccc(Br)cc1F. The van der Waals surface area contributed by atoms with Crippen molar-refractivity contribution in [2.24, 2.45) is 5.73 Å². The fourth-order valence-electron chi connectivity index (χ4n) is 1.76. The standard InChI is InChI=1S/C15H14BrClFNS/c16-11-2-1-10(15(18)8-11)7-13(19)9-20-14-5-3-12(17)4-6-14/h1-6,8,13H,7,9,19H2. The van der Waals surface area contributed by atoms with Crippen LogP contribution in [0.5, 0.6) is 0 Å². The van der Waals surface area contributed by atoms with E-state index < -0.39 is 0 Å². The van der Waals surface area contributed by atoms with Crippen LogP contribution in [0, 0.1) is 5.82 Å². The van der Waals surface area contributed by atoms with Gasteiger partial charge in [-0.2, -0.15) is 0 Å². The van der Waals surface area contributed by atoms with Gasteiger partial charge in [0.1, 0.15) is 5.82 Å². The number of benzene rings is 2. The number of rotatable bonds is 5. The molecule has 2 rings (SSSR count). The average Bonchev–Trinajstić information content (AvgIpc) is 2.41. The summed E-state index contributed by atoms with van der Waals surface area (Å²) in [5.74, 6) is 0.517. The van der Waals surface area contributed by atoms with E-state index in [2.05, 4.69) is 15.9 Å². The number of hydrogen-bond donors (Lipinski definition) is 1.